The lowest BCUT2D eigenvalue weighted by atomic mass is 10.7. The molecule has 9 heavy (non-hydrogen) atoms. The van der Waals surface area contributed by atoms with Crippen molar-refractivity contribution in [1.29, 1.82) is 0 Å². The summed E-state index contributed by atoms with van der Waals surface area (Å²) < 4.78 is 3.95. The van der Waals surface area contributed by atoms with Crippen LogP contribution in [0.1, 0.15) is 24.7 Å². The van der Waals surface area contributed by atoms with Gasteiger partial charge in [0, 0.05) is 0 Å². The molecule has 1 rings (SSSR count). The molecule has 0 unspecified atom stereocenters. The highest BCUT2D eigenvalue weighted by Gasteiger charge is 1.88. The maximum absolute atomic E-state index is 4.02. The van der Waals surface area contributed by atoms with Crippen LogP contribution in [0.15, 0.2) is 0 Å². The van der Waals surface area contributed by atoms with Gasteiger partial charge in [0.25, 0.3) is 0 Å². The minimum Gasteiger partial charge on any atom is -0.225 e. The molecular formula is C6H12N2S. The van der Waals surface area contributed by atoms with Gasteiger partial charge in [-0.1, -0.05) is 13.8 Å². The van der Waals surface area contributed by atoms with Gasteiger partial charge in [-0.15, -0.1) is 0 Å². The summed E-state index contributed by atoms with van der Waals surface area (Å²) in [6, 6.07) is 0. The third kappa shape index (κ3) is 3.19. The summed E-state index contributed by atoms with van der Waals surface area (Å²) in [5.74, 6) is 0.877. The zero-order valence-electron chi connectivity index (χ0n) is 6.30. The van der Waals surface area contributed by atoms with Crippen molar-refractivity contribution < 1.29 is 0 Å². The van der Waals surface area contributed by atoms with Crippen molar-refractivity contribution in [2.75, 3.05) is 0 Å². The van der Waals surface area contributed by atoms with Gasteiger partial charge in [-0.3, -0.25) is 0 Å². The molecule has 0 amide bonds. The SMILES string of the molecule is CC.Cc1nsc(C)n1. The van der Waals surface area contributed by atoms with Crippen LogP contribution in [-0.2, 0) is 0 Å². The summed E-state index contributed by atoms with van der Waals surface area (Å²) in [5.41, 5.74) is 0. The van der Waals surface area contributed by atoms with Crippen molar-refractivity contribution in [3.05, 3.63) is 10.8 Å². The topological polar surface area (TPSA) is 25.8 Å². The van der Waals surface area contributed by atoms with Crippen LogP contribution in [0.3, 0.4) is 0 Å². The van der Waals surface area contributed by atoms with E-state index >= 15 is 0 Å². The Morgan fingerprint density at radius 2 is 1.78 bits per heavy atom. The number of hydrogen-bond donors (Lipinski definition) is 0. The number of rotatable bonds is 0. The minimum atomic E-state index is 0.877. The first kappa shape index (κ1) is 8.56. The summed E-state index contributed by atoms with van der Waals surface area (Å²) in [5, 5.41) is 1.04. The van der Waals surface area contributed by atoms with Crippen molar-refractivity contribution >= 4 is 11.5 Å². The van der Waals surface area contributed by atoms with Gasteiger partial charge < -0.3 is 0 Å². The Hall–Kier alpha value is -0.440. The Morgan fingerprint density at radius 3 is 1.89 bits per heavy atom. The van der Waals surface area contributed by atoms with E-state index in [1.165, 1.54) is 11.5 Å². The molecule has 3 heteroatoms. The van der Waals surface area contributed by atoms with Crippen LogP contribution < -0.4 is 0 Å². The van der Waals surface area contributed by atoms with Gasteiger partial charge in [-0.25, -0.2) is 4.98 Å². The first-order chi connectivity index (χ1) is 4.29. The second-order valence-electron chi connectivity index (χ2n) is 1.36. The van der Waals surface area contributed by atoms with E-state index in [-0.39, 0.29) is 0 Å². The van der Waals surface area contributed by atoms with Crippen molar-refractivity contribution in [2.24, 2.45) is 0 Å². The molecule has 0 aliphatic rings. The zero-order chi connectivity index (χ0) is 7.28. The predicted octanol–water partition coefficient (Wildman–Crippen LogP) is 2.18. The lowest BCUT2D eigenvalue weighted by molar-refractivity contribution is 1.13. The average molecular weight is 144 g/mol. The molecule has 0 aromatic carbocycles. The highest BCUT2D eigenvalue weighted by Crippen LogP contribution is 1.98. The summed E-state index contributed by atoms with van der Waals surface area (Å²) in [7, 11) is 0. The molecule has 1 heterocycles. The lowest BCUT2D eigenvalue weighted by Crippen LogP contribution is -1.70. The second-order valence-corrected chi connectivity index (χ2v) is 2.32. The van der Waals surface area contributed by atoms with Crippen LogP contribution >= 0.6 is 11.5 Å². The first-order valence-corrected chi connectivity index (χ1v) is 3.83. The predicted molar refractivity (Wildman–Crippen MR) is 40.7 cm³/mol. The molecule has 1 aromatic heterocycles. The van der Waals surface area contributed by atoms with Crippen molar-refractivity contribution in [3.8, 4) is 0 Å². The molecule has 0 aliphatic heterocycles. The van der Waals surface area contributed by atoms with E-state index in [2.05, 4.69) is 9.36 Å². The minimum absolute atomic E-state index is 0.877. The van der Waals surface area contributed by atoms with E-state index in [4.69, 9.17) is 0 Å². The molecule has 52 valence electrons. The van der Waals surface area contributed by atoms with Crippen molar-refractivity contribution in [2.45, 2.75) is 27.7 Å². The average Bonchev–Trinajstić information content (AvgIpc) is 2.20. The molecule has 0 saturated heterocycles. The molecule has 0 aliphatic carbocycles. The number of nitrogens with zero attached hydrogens (tertiary/aromatic N) is 2. The Bertz CT molecular complexity index is 143. The first-order valence-electron chi connectivity index (χ1n) is 3.06. The number of hydrogen-bond acceptors (Lipinski definition) is 3. The lowest BCUT2D eigenvalue weighted by Gasteiger charge is -1.67. The van der Waals surface area contributed by atoms with Crippen molar-refractivity contribution in [3.63, 3.8) is 0 Å². The smallest absolute Gasteiger partial charge is 0.139 e. The highest BCUT2D eigenvalue weighted by molar-refractivity contribution is 7.05. The van der Waals surface area contributed by atoms with Crippen LogP contribution in [0.25, 0.3) is 0 Å². The van der Waals surface area contributed by atoms with Gasteiger partial charge in [-0.05, 0) is 25.4 Å². The standard InChI is InChI=1S/C4H6N2S.C2H6/c1-3-5-4(2)7-6-3;1-2/h1-2H3;1-2H3. The summed E-state index contributed by atoms with van der Waals surface area (Å²) in [6.45, 7) is 7.84. The maximum atomic E-state index is 4.02. The van der Waals surface area contributed by atoms with Gasteiger partial charge in [-0.2, -0.15) is 4.37 Å². The molecule has 0 saturated carbocycles. The maximum Gasteiger partial charge on any atom is 0.139 e. The fourth-order valence-corrected chi connectivity index (χ4v) is 0.879. The van der Waals surface area contributed by atoms with E-state index in [1.807, 2.05) is 27.7 Å². The normalized spacial score (nSPS) is 8.00. The van der Waals surface area contributed by atoms with E-state index < -0.39 is 0 Å². The Kier molecular flexibility index (Phi) is 4.22. The molecule has 0 N–H and O–H groups in total. The third-order valence-corrected chi connectivity index (χ3v) is 1.34. The van der Waals surface area contributed by atoms with E-state index in [0.29, 0.717) is 0 Å². The van der Waals surface area contributed by atoms with Crippen LogP contribution in [0.5, 0.6) is 0 Å². The number of aromatic nitrogens is 2. The molecule has 2 nitrogen and oxygen atoms in total. The molecule has 1 aromatic rings. The van der Waals surface area contributed by atoms with Gasteiger partial charge >= 0.3 is 0 Å². The summed E-state index contributed by atoms with van der Waals surface area (Å²) in [4.78, 5) is 4.02. The fourth-order valence-electron chi connectivity index (χ4n) is 0.401. The quantitative estimate of drug-likeness (QED) is 0.557. The largest absolute Gasteiger partial charge is 0.225 e. The Balaban J connectivity index is 0.000000291. The Labute approximate surface area is 60.1 Å². The highest BCUT2D eigenvalue weighted by atomic mass is 32.1. The molecule has 0 radical (unpaired) electrons. The molecule has 0 atom stereocenters. The Morgan fingerprint density at radius 1 is 1.22 bits per heavy atom. The monoisotopic (exact) mass is 144 g/mol. The van der Waals surface area contributed by atoms with Gasteiger partial charge in [0.1, 0.15) is 10.8 Å². The number of aryl methyl sites for hydroxylation is 2. The van der Waals surface area contributed by atoms with Gasteiger partial charge in [0.05, 0.1) is 0 Å². The van der Waals surface area contributed by atoms with Crippen LogP contribution in [0.2, 0.25) is 0 Å². The fraction of sp³-hybridized carbons (Fsp3) is 0.667. The van der Waals surface area contributed by atoms with E-state index in [9.17, 15) is 0 Å². The van der Waals surface area contributed by atoms with Gasteiger partial charge in [0.15, 0.2) is 0 Å². The van der Waals surface area contributed by atoms with Crippen LogP contribution in [0, 0.1) is 13.8 Å². The zero-order valence-corrected chi connectivity index (χ0v) is 7.12. The van der Waals surface area contributed by atoms with E-state index in [0.717, 1.165) is 10.8 Å². The van der Waals surface area contributed by atoms with Crippen LogP contribution in [0.4, 0.5) is 0 Å². The summed E-state index contributed by atoms with van der Waals surface area (Å²) in [6.07, 6.45) is 0. The molecule has 0 fully saturated rings. The van der Waals surface area contributed by atoms with E-state index in [1.54, 1.807) is 0 Å². The van der Waals surface area contributed by atoms with Crippen LogP contribution in [-0.4, -0.2) is 9.36 Å². The van der Waals surface area contributed by atoms with Crippen molar-refractivity contribution in [1.82, 2.24) is 9.36 Å². The molecule has 0 spiro atoms. The third-order valence-electron chi connectivity index (χ3n) is 0.629. The molecular weight excluding hydrogens is 132 g/mol. The second kappa shape index (κ2) is 4.44. The molecule has 0 bridgehead atoms. The summed E-state index contributed by atoms with van der Waals surface area (Å²) >= 11 is 1.44. The van der Waals surface area contributed by atoms with Gasteiger partial charge in [0.2, 0.25) is 0 Å².